The van der Waals surface area contributed by atoms with Gasteiger partial charge in [0.2, 0.25) is 0 Å². The van der Waals surface area contributed by atoms with Crippen molar-refractivity contribution in [3.63, 3.8) is 0 Å². The molecule has 0 spiro atoms. The van der Waals surface area contributed by atoms with E-state index in [0.29, 0.717) is 34.4 Å². The largest absolute Gasteiger partial charge is 0.485 e. The predicted octanol–water partition coefficient (Wildman–Crippen LogP) is 5.18. The molecule has 37 heavy (non-hydrogen) atoms. The van der Waals surface area contributed by atoms with E-state index in [4.69, 9.17) is 16.3 Å². The lowest BCUT2D eigenvalue weighted by molar-refractivity contribution is 0.0696. The number of hydrogen-bond acceptors (Lipinski definition) is 6. The predicted molar refractivity (Wildman–Crippen MR) is 131 cm³/mol. The zero-order valence-corrected chi connectivity index (χ0v) is 21.1. The monoisotopic (exact) mass is 530 g/mol. The molecule has 4 aromatic heterocycles. The van der Waals surface area contributed by atoms with Gasteiger partial charge in [0.15, 0.2) is 5.82 Å². The number of nitrogens with zero attached hydrogens (tertiary/aromatic N) is 4. The van der Waals surface area contributed by atoms with Crippen molar-refractivity contribution < 1.29 is 23.0 Å². The molecular formula is C26H22ClF3N4O3. The Labute approximate surface area is 215 Å². The Hall–Kier alpha value is -3.76. The minimum absolute atomic E-state index is 0.00731. The smallest absolute Gasteiger partial charge is 0.277 e. The summed E-state index contributed by atoms with van der Waals surface area (Å²) in [5.74, 6) is -2.36. The third-order valence-corrected chi connectivity index (χ3v) is 5.90. The number of rotatable bonds is 6. The molecule has 0 radical (unpaired) electrons. The van der Waals surface area contributed by atoms with Crippen LogP contribution in [0, 0.1) is 31.3 Å². The maximum absolute atomic E-state index is 14.2. The van der Waals surface area contributed by atoms with Crippen molar-refractivity contribution in [3.8, 4) is 22.8 Å². The Morgan fingerprint density at radius 2 is 1.76 bits per heavy atom. The number of ether oxygens (including phenoxy) is 1. The zero-order valence-electron chi connectivity index (χ0n) is 20.3. The van der Waals surface area contributed by atoms with Gasteiger partial charge in [-0.05, 0) is 51.5 Å². The van der Waals surface area contributed by atoms with E-state index in [2.05, 4.69) is 15.0 Å². The van der Waals surface area contributed by atoms with E-state index in [1.54, 1.807) is 19.9 Å². The van der Waals surface area contributed by atoms with E-state index < -0.39 is 28.6 Å². The van der Waals surface area contributed by atoms with Crippen molar-refractivity contribution in [1.82, 2.24) is 19.5 Å². The third-order valence-electron chi connectivity index (χ3n) is 5.55. The van der Waals surface area contributed by atoms with E-state index >= 15 is 0 Å². The summed E-state index contributed by atoms with van der Waals surface area (Å²) >= 11 is 6.32. The quantitative estimate of drug-likeness (QED) is 0.369. The molecule has 4 aromatic rings. The first-order valence-corrected chi connectivity index (χ1v) is 11.5. The van der Waals surface area contributed by atoms with Crippen molar-refractivity contribution in [3.05, 3.63) is 98.2 Å². The molecule has 0 saturated carbocycles. The normalized spacial score (nSPS) is 11.6. The molecule has 0 unspecified atom stereocenters. The van der Waals surface area contributed by atoms with E-state index in [-0.39, 0.29) is 28.8 Å². The summed E-state index contributed by atoms with van der Waals surface area (Å²) in [6, 6.07) is 6.41. The van der Waals surface area contributed by atoms with Gasteiger partial charge in [0, 0.05) is 24.0 Å². The average Bonchev–Trinajstić information content (AvgIpc) is 2.82. The minimum Gasteiger partial charge on any atom is -0.485 e. The van der Waals surface area contributed by atoms with Gasteiger partial charge >= 0.3 is 0 Å². The fraction of sp³-hybridized carbons (Fsp3) is 0.231. The highest BCUT2D eigenvalue weighted by molar-refractivity contribution is 6.31. The first kappa shape index (κ1) is 26.3. The molecule has 0 amide bonds. The Morgan fingerprint density at radius 1 is 1.03 bits per heavy atom. The number of aliphatic hydroxyl groups is 1. The van der Waals surface area contributed by atoms with Crippen LogP contribution in [0.2, 0.25) is 5.02 Å². The number of pyridine rings is 4. The van der Waals surface area contributed by atoms with Gasteiger partial charge in [-0.2, -0.15) is 0 Å². The van der Waals surface area contributed by atoms with Crippen molar-refractivity contribution in [1.29, 1.82) is 0 Å². The molecule has 0 fully saturated rings. The van der Waals surface area contributed by atoms with Crippen LogP contribution in [0.4, 0.5) is 13.2 Å². The topological polar surface area (TPSA) is 90.1 Å². The van der Waals surface area contributed by atoms with E-state index in [1.807, 2.05) is 0 Å². The van der Waals surface area contributed by atoms with Crippen LogP contribution in [0.15, 0.2) is 47.5 Å². The van der Waals surface area contributed by atoms with Gasteiger partial charge in [0.25, 0.3) is 5.56 Å². The Bertz CT molecular complexity index is 1570. The maximum atomic E-state index is 14.2. The first-order valence-electron chi connectivity index (χ1n) is 11.1. The molecule has 11 heteroatoms. The van der Waals surface area contributed by atoms with Gasteiger partial charge in [-0.1, -0.05) is 11.6 Å². The fourth-order valence-corrected chi connectivity index (χ4v) is 3.88. The molecule has 0 bridgehead atoms. The van der Waals surface area contributed by atoms with Crippen LogP contribution < -0.4 is 10.3 Å². The zero-order chi connectivity index (χ0) is 27.1. The maximum Gasteiger partial charge on any atom is 0.277 e. The van der Waals surface area contributed by atoms with Crippen molar-refractivity contribution in [2.45, 2.75) is 39.9 Å². The van der Waals surface area contributed by atoms with Crippen LogP contribution in [0.1, 0.15) is 36.5 Å². The highest BCUT2D eigenvalue weighted by Gasteiger charge is 2.24. The Balaban J connectivity index is 1.73. The SMILES string of the molecule is Cc1cnc(-c2ccc(F)c(C(C)(C)O)n2)cc1-n1c(C)cc(OCc2ncc(F)cc2F)c(Cl)c1=O. The summed E-state index contributed by atoms with van der Waals surface area (Å²) in [5.41, 5.74) is -0.238. The van der Waals surface area contributed by atoms with E-state index in [1.165, 1.54) is 42.8 Å². The van der Waals surface area contributed by atoms with Crippen LogP contribution >= 0.6 is 11.6 Å². The summed E-state index contributed by atoms with van der Waals surface area (Å²) in [4.78, 5) is 25.5. The molecule has 0 aromatic carbocycles. The van der Waals surface area contributed by atoms with Crippen molar-refractivity contribution in [2.24, 2.45) is 0 Å². The molecule has 4 heterocycles. The van der Waals surface area contributed by atoms with Gasteiger partial charge in [0.1, 0.15) is 46.0 Å². The lowest BCUT2D eigenvalue weighted by Crippen LogP contribution is -2.23. The minimum atomic E-state index is -1.52. The van der Waals surface area contributed by atoms with Gasteiger partial charge in [-0.15, -0.1) is 0 Å². The van der Waals surface area contributed by atoms with Crippen LogP contribution in [-0.4, -0.2) is 24.6 Å². The summed E-state index contributed by atoms with van der Waals surface area (Å²) in [6.07, 6.45) is 2.39. The third kappa shape index (κ3) is 5.35. The molecule has 1 N–H and O–H groups in total. The molecule has 192 valence electrons. The van der Waals surface area contributed by atoms with Crippen molar-refractivity contribution in [2.75, 3.05) is 0 Å². The molecule has 0 aliphatic heterocycles. The highest BCUT2D eigenvalue weighted by Crippen LogP contribution is 2.28. The molecule has 0 aliphatic rings. The number of halogens is 4. The molecule has 4 rings (SSSR count). The van der Waals surface area contributed by atoms with Crippen LogP contribution in [-0.2, 0) is 12.2 Å². The number of hydrogen-bond donors (Lipinski definition) is 1. The second kappa shape index (κ2) is 9.95. The highest BCUT2D eigenvalue weighted by atomic mass is 35.5. The standard InChI is InChI=1S/C26H22ClF3N4O3/c1-13-10-31-19(18-6-5-16(29)24(33-18)26(3,4)36)9-21(13)34-14(2)7-22(23(27)25(34)35)37-12-20-17(30)8-15(28)11-32-20/h5-11,36H,12H2,1-4H3. The van der Waals surface area contributed by atoms with E-state index in [0.717, 1.165) is 6.20 Å². The number of aromatic nitrogens is 4. The second-order valence-electron chi connectivity index (χ2n) is 8.92. The Morgan fingerprint density at radius 3 is 2.43 bits per heavy atom. The summed E-state index contributed by atoms with van der Waals surface area (Å²) in [6.45, 7) is 5.88. The lowest BCUT2D eigenvalue weighted by atomic mass is 10.0. The molecule has 7 nitrogen and oxygen atoms in total. The second-order valence-corrected chi connectivity index (χ2v) is 9.30. The molecule has 0 aliphatic carbocycles. The van der Waals surface area contributed by atoms with Gasteiger partial charge < -0.3 is 9.84 Å². The summed E-state index contributed by atoms with van der Waals surface area (Å²) in [7, 11) is 0. The average molecular weight is 531 g/mol. The lowest BCUT2D eigenvalue weighted by Gasteiger charge is -2.19. The van der Waals surface area contributed by atoms with Gasteiger partial charge in [-0.25, -0.2) is 18.2 Å². The van der Waals surface area contributed by atoms with Gasteiger partial charge in [0.05, 0.1) is 23.3 Å². The molecular weight excluding hydrogens is 509 g/mol. The fourth-order valence-electron chi connectivity index (χ4n) is 3.69. The molecule has 0 saturated heterocycles. The van der Waals surface area contributed by atoms with Gasteiger partial charge in [-0.3, -0.25) is 19.3 Å². The van der Waals surface area contributed by atoms with E-state index in [9.17, 15) is 23.1 Å². The van der Waals surface area contributed by atoms with Crippen LogP contribution in [0.25, 0.3) is 17.1 Å². The first-order chi connectivity index (χ1) is 17.4. The van der Waals surface area contributed by atoms with Crippen LogP contribution in [0.3, 0.4) is 0 Å². The van der Waals surface area contributed by atoms with Crippen LogP contribution in [0.5, 0.6) is 5.75 Å². The Kier molecular flexibility index (Phi) is 7.07. The van der Waals surface area contributed by atoms with Crippen molar-refractivity contribution >= 4 is 11.6 Å². The summed E-state index contributed by atoms with van der Waals surface area (Å²) in [5, 5.41) is 10.0. The number of aryl methyl sites for hydroxylation is 2. The molecule has 0 atom stereocenters. The summed E-state index contributed by atoms with van der Waals surface area (Å²) < 4.78 is 48.1.